The average molecular weight is 842 g/mol. The number of benzene rings is 10. The van der Waals surface area contributed by atoms with Gasteiger partial charge in [-0.15, -0.1) is 0 Å². The Labute approximate surface area is 386 Å². The van der Waals surface area contributed by atoms with E-state index in [1.165, 1.54) is 27.8 Å². The fourth-order valence-corrected chi connectivity index (χ4v) is 9.08. The van der Waals surface area contributed by atoms with Crippen molar-refractivity contribution in [2.75, 3.05) is 0 Å². The highest BCUT2D eigenvalue weighted by molar-refractivity contribution is 6.15. The molecule has 66 heavy (non-hydrogen) atoms. The zero-order chi connectivity index (χ0) is 44.1. The number of aromatic nitrogens is 3. The zero-order valence-electron chi connectivity index (χ0n) is 36.2. The van der Waals surface area contributed by atoms with E-state index >= 15 is 0 Å². The van der Waals surface area contributed by atoms with Crippen LogP contribution in [0.15, 0.2) is 261 Å². The highest BCUT2D eigenvalue weighted by atomic mass is 15.0. The molecule has 1 heterocycles. The topological polar surface area (TPSA) is 38.7 Å². The molecular weight excluding hydrogens is 799 g/mol. The molecule has 0 aliphatic rings. The third-order valence-corrected chi connectivity index (χ3v) is 12.2. The molecule has 10 aromatic carbocycles. The minimum Gasteiger partial charge on any atom is -0.208 e. The molecule has 0 atom stereocenters. The van der Waals surface area contributed by atoms with Crippen LogP contribution in [-0.2, 0) is 0 Å². The molecule has 0 aliphatic heterocycles. The first-order valence-corrected chi connectivity index (χ1v) is 22.4. The molecule has 310 valence electrons. The van der Waals surface area contributed by atoms with Crippen molar-refractivity contribution in [1.29, 1.82) is 0 Å². The van der Waals surface area contributed by atoms with Gasteiger partial charge in [0.2, 0.25) is 0 Å². The van der Waals surface area contributed by atoms with E-state index in [1.807, 2.05) is 24.3 Å². The van der Waals surface area contributed by atoms with Gasteiger partial charge in [-0.2, -0.15) is 0 Å². The van der Waals surface area contributed by atoms with Gasteiger partial charge in [0, 0.05) is 16.7 Å². The van der Waals surface area contributed by atoms with E-state index in [-0.39, 0.29) is 0 Å². The van der Waals surface area contributed by atoms with Crippen LogP contribution in [0.5, 0.6) is 0 Å². The molecule has 0 saturated carbocycles. The molecule has 1 aromatic heterocycles. The monoisotopic (exact) mass is 841 g/mol. The smallest absolute Gasteiger partial charge is 0.164 e. The van der Waals surface area contributed by atoms with Crippen LogP contribution < -0.4 is 0 Å². The Morgan fingerprint density at radius 1 is 0.136 bits per heavy atom. The van der Waals surface area contributed by atoms with Crippen molar-refractivity contribution in [3.63, 3.8) is 0 Å². The lowest BCUT2D eigenvalue weighted by atomic mass is 9.74. The zero-order valence-corrected chi connectivity index (χ0v) is 36.2. The normalized spacial score (nSPS) is 11.0. The predicted molar refractivity (Wildman–Crippen MR) is 274 cm³/mol. The Morgan fingerprint density at radius 2 is 0.288 bits per heavy atom. The van der Waals surface area contributed by atoms with Crippen LogP contribution in [0, 0.1) is 0 Å². The van der Waals surface area contributed by atoms with Crippen molar-refractivity contribution < 1.29 is 0 Å². The van der Waals surface area contributed by atoms with Crippen LogP contribution >= 0.6 is 0 Å². The van der Waals surface area contributed by atoms with Crippen molar-refractivity contribution in [2.45, 2.75) is 0 Å². The van der Waals surface area contributed by atoms with Gasteiger partial charge in [-0.25, -0.2) is 15.0 Å². The first-order chi connectivity index (χ1) is 32.8. The molecular formula is C63H43N3. The van der Waals surface area contributed by atoms with Crippen LogP contribution in [0.4, 0.5) is 0 Å². The van der Waals surface area contributed by atoms with Crippen molar-refractivity contribution in [1.82, 2.24) is 15.0 Å². The van der Waals surface area contributed by atoms with E-state index in [2.05, 4.69) is 237 Å². The largest absolute Gasteiger partial charge is 0.208 e. The second-order valence-corrected chi connectivity index (χ2v) is 16.3. The van der Waals surface area contributed by atoms with Crippen molar-refractivity contribution in [3.8, 4) is 112 Å². The first-order valence-electron chi connectivity index (χ1n) is 22.4. The van der Waals surface area contributed by atoms with Crippen molar-refractivity contribution in [2.24, 2.45) is 0 Å². The highest BCUT2D eigenvalue weighted by Crippen LogP contribution is 2.55. The Hall–Kier alpha value is -8.79. The number of hydrogen-bond donors (Lipinski definition) is 0. The number of rotatable bonds is 10. The van der Waals surface area contributed by atoms with E-state index in [1.54, 1.807) is 0 Å². The van der Waals surface area contributed by atoms with E-state index < -0.39 is 0 Å². The molecule has 0 unspecified atom stereocenters. The summed E-state index contributed by atoms with van der Waals surface area (Å²) in [4.78, 5) is 15.3. The standard InChI is InChI=1S/C63H43N3/c1-8-22-44(23-9-1)45-36-40-53(41-37-45)62-64-61(52-34-20-7-21-35-52)65-63(66-62)54-42-38-51(39-43-54)60-58(49-30-16-5-17-31-49)56(47-26-12-3-13-27-47)55(46-24-10-2-11-25-46)57(48-28-14-4-15-29-48)59(60)50-32-18-6-19-33-50/h1-43H. The second kappa shape index (κ2) is 18.1. The summed E-state index contributed by atoms with van der Waals surface area (Å²) in [5.74, 6) is 1.86. The summed E-state index contributed by atoms with van der Waals surface area (Å²) in [6.45, 7) is 0. The van der Waals surface area contributed by atoms with Gasteiger partial charge in [0.25, 0.3) is 0 Å². The Morgan fingerprint density at radius 3 is 0.545 bits per heavy atom. The second-order valence-electron chi connectivity index (χ2n) is 16.3. The van der Waals surface area contributed by atoms with Crippen LogP contribution in [0.2, 0.25) is 0 Å². The van der Waals surface area contributed by atoms with Gasteiger partial charge in [-0.05, 0) is 77.9 Å². The van der Waals surface area contributed by atoms with Gasteiger partial charge in [0.1, 0.15) is 0 Å². The van der Waals surface area contributed by atoms with Gasteiger partial charge in [0.05, 0.1) is 0 Å². The van der Waals surface area contributed by atoms with E-state index in [9.17, 15) is 0 Å². The van der Waals surface area contributed by atoms with Crippen LogP contribution in [0.3, 0.4) is 0 Å². The minimum absolute atomic E-state index is 0.610. The number of nitrogens with zero attached hydrogens (tertiary/aromatic N) is 3. The van der Waals surface area contributed by atoms with E-state index in [0.717, 1.165) is 66.8 Å². The fraction of sp³-hybridized carbons (Fsp3) is 0. The summed E-state index contributed by atoms with van der Waals surface area (Å²) in [5, 5.41) is 0. The van der Waals surface area contributed by atoms with E-state index in [0.29, 0.717) is 17.5 Å². The van der Waals surface area contributed by atoms with Gasteiger partial charge in [0.15, 0.2) is 17.5 Å². The molecule has 0 saturated heterocycles. The molecule has 3 nitrogen and oxygen atoms in total. The lowest BCUT2D eigenvalue weighted by Gasteiger charge is -2.28. The third-order valence-electron chi connectivity index (χ3n) is 12.2. The van der Waals surface area contributed by atoms with Crippen molar-refractivity contribution >= 4 is 0 Å². The van der Waals surface area contributed by atoms with E-state index in [4.69, 9.17) is 15.0 Å². The Kier molecular flexibility index (Phi) is 11.0. The predicted octanol–water partition coefficient (Wildman–Crippen LogP) is 16.5. The molecule has 0 radical (unpaired) electrons. The van der Waals surface area contributed by atoms with Gasteiger partial charge in [-0.3, -0.25) is 0 Å². The summed E-state index contributed by atoms with van der Waals surface area (Å²) in [5.41, 5.74) is 18.9. The summed E-state index contributed by atoms with van der Waals surface area (Å²) in [6.07, 6.45) is 0. The lowest BCUT2D eigenvalue weighted by Crippen LogP contribution is -2.02. The van der Waals surface area contributed by atoms with Gasteiger partial charge < -0.3 is 0 Å². The molecule has 0 aliphatic carbocycles. The van der Waals surface area contributed by atoms with Crippen LogP contribution in [0.25, 0.3) is 112 Å². The minimum atomic E-state index is 0.610. The molecule has 0 bridgehead atoms. The fourth-order valence-electron chi connectivity index (χ4n) is 9.08. The molecule has 0 fully saturated rings. The maximum absolute atomic E-state index is 5.17. The Bertz CT molecular complexity index is 3270. The Balaban J connectivity index is 1.17. The molecule has 11 aromatic rings. The third kappa shape index (κ3) is 7.91. The maximum atomic E-state index is 5.17. The maximum Gasteiger partial charge on any atom is 0.164 e. The van der Waals surface area contributed by atoms with Gasteiger partial charge in [-0.1, -0.05) is 261 Å². The molecule has 3 heteroatoms. The summed E-state index contributed by atoms with van der Waals surface area (Å²) in [7, 11) is 0. The summed E-state index contributed by atoms with van der Waals surface area (Å²) < 4.78 is 0. The first kappa shape index (κ1) is 40.0. The van der Waals surface area contributed by atoms with Crippen LogP contribution in [0.1, 0.15) is 0 Å². The number of hydrogen-bond acceptors (Lipinski definition) is 3. The summed E-state index contributed by atoms with van der Waals surface area (Å²) >= 11 is 0. The van der Waals surface area contributed by atoms with Crippen LogP contribution in [-0.4, -0.2) is 15.0 Å². The quantitative estimate of drug-likeness (QED) is 0.138. The molecule has 0 amide bonds. The SMILES string of the molecule is c1ccc(-c2ccc(-c3nc(-c4ccccc4)nc(-c4ccc(-c5c(-c6ccccc6)c(-c6ccccc6)c(-c6ccccc6)c(-c6ccccc6)c5-c5ccccc5)cc4)n3)cc2)cc1. The molecule has 11 rings (SSSR count). The highest BCUT2D eigenvalue weighted by Gasteiger charge is 2.29. The van der Waals surface area contributed by atoms with Crippen molar-refractivity contribution in [3.05, 3.63) is 261 Å². The lowest BCUT2D eigenvalue weighted by molar-refractivity contribution is 1.07. The average Bonchev–Trinajstić information content (AvgIpc) is 3.42. The molecule has 0 N–H and O–H groups in total. The van der Waals surface area contributed by atoms with Gasteiger partial charge >= 0.3 is 0 Å². The summed E-state index contributed by atoms with van der Waals surface area (Å²) in [6, 6.07) is 92.3. The molecule has 0 spiro atoms.